The zero-order valence-electron chi connectivity index (χ0n) is 13.9. The number of hydrogen-bond donors (Lipinski definition) is 2. The number of nitrogens with one attached hydrogen (secondary N) is 1. The zero-order valence-corrected chi connectivity index (χ0v) is 15.4. The summed E-state index contributed by atoms with van der Waals surface area (Å²) in [6.45, 7) is 0.371. The first-order valence-corrected chi connectivity index (χ1v) is 10.0. The van der Waals surface area contributed by atoms with E-state index in [1.54, 1.807) is 0 Å². The van der Waals surface area contributed by atoms with Crippen LogP contribution in [0.3, 0.4) is 0 Å². The van der Waals surface area contributed by atoms with Crippen molar-refractivity contribution < 1.29 is 18.3 Å². The number of fused-ring (bicyclic) bond motifs is 1. The van der Waals surface area contributed by atoms with Gasteiger partial charge in [0.2, 0.25) is 0 Å². The molecule has 134 valence electrons. The van der Waals surface area contributed by atoms with E-state index in [4.69, 9.17) is 11.6 Å². The largest absolute Gasteiger partial charge is 0.478 e. The normalized spacial score (nSPS) is 11.5. The van der Waals surface area contributed by atoms with Gasteiger partial charge in [0.25, 0.3) is 0 Å². The summed E-state index contributed by atoms with van der Waals surface area (Å²) < 4.78 is 23.5. The van der Waals surface area contributed by atoms with Gasteiger partial charge in [0.1, 0.15) is 0 Å². The Morgan fingerprint density at radius 2 is 1.81 bits per heavy atom. The maximum atomic E-state index is 11.8. The second-order valence-corrected chi connectivity index (χ2v) is 8.29. The number of aromatic carboxylic acids is 1. The van der Waals surface area contributed by atoms with Crippen LogP contribution in [-0.4, -0.2) is 25.7 Å². The van der Waals surface area contributed by atoms with Crippen LogP contribution in [0.15, 0.2) is 59.5 Å². The van der Waals surface area contributed by atoms with Crippen LogP contribution in [0, 0.1) is 0 Å². The molecule has 0 spiro atoms. The molecule has 26 heavy (non-hydrogen) atoms. The summed E-state index contributed by atoms with van der Waals surface area (Å²) in [5.41, 5.74) is 1.11. The molecule has 0 radical (unpaired) electrons. The molecule has 0 atom stereocenters. The summed E-state index contributed by atoms with van der Waals surface area (Å²) in [7, 11) is -3.63. The van der Waals surface area contributed by atoms with E-state index in [2.05, 4.69) is 5.32 Å². The third-order valence-corrected chi connectivity index (χ3v) is 5.61. The van der Waals surface area contributed by atoms with Crippen LogP contribution >= 0.6 is 11.6 Å². The molecule has 7 heteroatoms. The number of halogens is 1. The van der Waals surface area contributed by atoms with Crippen molar-refractivity contribution in [3.63, 3.8) is 0 Å². The Morgan fingerprint density at radius 1 is 1.12 bits per heavy atom. The summed E-state index contributed by atoms with van der Waals surface area (Å²) in [6, 6.07) is 16.2. The van der Waals surface area contributed by atoms with E-state index in [1.807, 2.05) is 42.5 Å². The van der Waals surface area contributed by atoms with Gasteiger partial charge in [0.05, 0.1) is 21.2 Å². The maximum absolute atomic E-state index is 11.8. The molecule has 0 aliphatic carbocycles. The SMILES string of the molecule is CS(=O)(=O)c1cc(C(=O)O)c(NCc2cccc3ccccc23)cc1Cl. The molecule has 0 bridgehead atoms. The van der Waals surface area contributed by atoms with Gasteiger partial charge >= 0.3 is 5.97 Å². The average Bonchev–Trinajstić information content (AvgIpc) is 2.58. The van der Waals surface area contributed by atoms with Gasteiger partial charge in [-0.15, -0.1) is 0 Å². The predicted molar refractivity (Wildman–Crippen MR) is 103 cm³/mol. The standard InChI is InChI=1S/C19H16ClNO4S/c1-26(24,25)18-9-15(19(22)23)17(10-16(18)20)21-11-13-7-4-6-12-5-2-3-8-14(12)13/h2-10,21H,11H2,1H3,(H,22,23). The predicted octanol–water partition coefficient (Wildman–Crippen LogP) is 4.21. The highest BCUT2D eigenvalue weighted by Crippen LogP contribution is 2.30. The number of hydrogen-bond acceptors (Lipinski definition) is 4. The van der Waals surface area contributed by atoms with Gasteiger partial charge in [0, 0.05) is 12.8 Å². The first-order chi connectivity index (χ1) is 12.3. The number of benzene rings is 3. The summed E-state index contributed by atoms with van der Waals surface area (Å²) >= 11 is 6.06. The quantitative estimate of drug-likeness (QED) is 0.683. The van der Waals surface area contributed by atoms with Crippen LogP contribution in [0.1, 0.15) is 15.9 Å². The van der Waals surface area contributed by atoms with E-state index in [-0.39, 0.29) is 21.2 Å². The van der Waals surface area contributed by atoms with Crippen molar-refractivity contribution in [1.29, 1.82) is 0 Å². The first-order valence-electron chi connectivity index (χ1n) is 7.75. The molecule has 2 N–H and O–H groups in total. The summed E-state index contributed by atoms with van der Waals surface area (Å²) in [4.78, 5) is 11.4. The van der Waals surface area contributed by atoms with E-state index in [1.165, 1.54) is 6.07 Å². The number of sulfone groups is 1. The second-order valence-electron chi connectivity index (χ2n) is 5.90. The molecular formula is C19H16ClNO4S. The van der Waals surface area contributed by atoms with Crippen molar-refractivity contribution in [3.8, 4) is 0 Å². The van der Waals surface area contributed by atoms with E-state index in [0.717, 1.165) is 28.7 Å². The maximum Gasteiger partial charge on any atom is 0.337 e. The van der Waals surface area contributed by atoms with Gasteiger partial charge in [-0.25, -0.2) is 13.2 Å². The van der Waals surface area contributed by atoms with Crippen LogP contribution in [0.25, 0.3) is 10.8 Å². The molecule has 3 aromatic rings. The van der Waals surface area contributed by atoms with Gasteiger partial charge in [-0.3, -0.25) is 0 Å². The third-order valence-electron chi connectivity index (χ3n) is 4.05. The Bertz CT molecular complexity index is 1100. The molecule has 0 saturated carbocycles. The Kier molecular flexibility index (Phi) is 4.89. The Balaban J connectivity index is 1.99. The fourth-order valence-electron chi connectivity index (χ4n) is 2.80. The number of rotatable bonds is 5. The van der Waals surface area contributed by atoms with E-state index >= 15 is 0 Å². The second kappa shape index (κ2) is 6.97. The van der Waals surface area contributed by atoms with Gasteiger partial charge in [0.15, 0.2) is 9.84 Å². The molecule has 0 saturated heterocycles. The van der Waals surface area contributed by atoms with Gasteiger partial charge < -0.3 is 10.4 Å². The van der Waals surface area contributed by atoms with E-state index < -0.39 is 15.8 Å². The smallest absolute Gasteiger partial charge is 0.337 e. The molecule has 5 nitrogen and oxygen atoms in total. The monoisotopic (exact) mass is 389 g/mol. The lowest BCUT2D eigenvalue weighted by Gasteiger charge is -2.14. The number of carbonyl (C=O) groups is 1. The molecule has 0 unspecified atom stereocenters. The zero-order chi connectivity index (χ0) is 18.9. The third kappa shape index (κ3) is 3.66. The molecule has 3 aromatic carbocycles. The Labute approximate surface area is 156 Å². The molecule has 0 aromatic heterocycles. The van der Waals surface area contributed by atoms with Crippen LogP contribution in [-0.2, 0) is 16.4 Å². The molecule has 3 rings (SSSR count). The highest BCUT2D eigenvalue weighted by atomic mass is 35.5. The fourth-order valence-corrected chi connectivity index (χ4v) is 4.13. The molecule has 0 heterocycles. The number of carboxylic acid groups (broad SMARTS) is 1. The van der Waals surface area contributed by atoms with E-state index in [0.29, 0.717) is 6.54 Å². The highest BCUT2D eigenvalue weighted by Gasteiger charge is 2.19. The van der Waals surface area contributed by atoms with Crippen molar-refractivity contribution in [1.82, 2.24) is 0 Å². The minimum atomic E-state index is -3.63. The highest BCUT2D eigenvalue weighted by molar-refractivity contribution is 7.90. The molecule has 0 amide bonds. The molecule has 0 fully saturated rings. The average molecular weight is 390 g/mol. The van der Waals surface area contributed by atoms with Crippen LogP contribution in [0.4, 0.5) is 5.69 Å². The summed E-state index contributed by atoms with van der Waals surface area (Å²) in [6.07, 6.45) is 0.989. The van der Waals surface area contributed by atoms with Crippen molar-refractivity contribution >= 4 is 43.9 Å². The Hall–Kier alpha value is -2.57. The van der Waals surface area contributed by atoms with Crippen LogP contribution in [0.2, 0.25) is 5.02 Å². The van der Waals surface area contributed by atoms with Crippen molar-refractivity contribution in [2.75, 3.05) is 11.6 Å². The lowest BCUT2D eigenvalue weighted by Crippen LogP contribution is -2.09. The van der Waals surface area contributed by atoms with Gasteiger partial charge in [-0.05, 0) is 28.5 Å². The van der Waals surface area contributed by atoms with Gasteiger partial charge in [-0.1, -0.05) is 54.1 Å². The van der Waals surface area contributed by atoms with Crippen LogP contribution in [0.5, 0.6) is 0 Å². The lowest BCUT2D eigenvalue weighted by molar-refractivity contribution is 0.0697. The number of carboxylic acids is 1. The van der Waals surface area contributed by atoms with E-state index in [9.17, 15) is 18.3 Å². The number of anilines is 1. The van der Waals surface area contributed by atoms with Gasteiger partial charge in [-0.2, -0.15) is 0 Å². The topological polar surface area (TPSA) is 83.5 Å². The minimum Gasteiger partial charge on any atom is -0.478 e. The van der Waals surface area contributed by atoms with Crippen molar-refractivity contribution in [2.24, 2.45) is 0 Å². The summed E-state index contributed by atoms with van der Waals surface area (Å²) in [5.74, 6) is -1.23. The minimum absolute atomic E-state index is 0.0158. The van der Waals surface area contributed by atoms with Crippen molar-refractivity contribution in [2.45, 2.75) is 11.4 Å². The molecule has 0 aliphatic rings. The first kappa shape index (κ1) is 18.2. The summed E-state index contributed by atoms with van der Waals surface area (Å²) in [5, 5.41) is 14.6. The Morgan fingerprint density at radius 3 is 2.50 bits per heavy atom. The fraction of sp³-hybridized carbons (Fsp3) is 0.105. The molecule has 0 aliphatic heterocycles. The molecular weight excluding hydrogens is 374 g/mol. The lowest BCUT2D eigenvalue weighted by atomic mass is 10.0. The van der Waals surface area contributed by atoms with Crippen molar-refractivity contribution in [3.05, 3.63) is 70.7 Å². The van der Waals surface area contributed by atoms with Crippen LogP contribution < -0.4 is 5.32 Å².